The van der Waals surface area contributed by atoms with Gasteiger partial charge in [-0.3, -0.25) is 14.4 Å². The molecule has 1 aliphatic rings. The van der Waals surface area contributed by atoms with E-state index in [1.54, 1.807) is 26.4 Å². The van der Waals surface area contributed by atoms with E-state index >= 15 is 0 Å². The Balaban J connectivity index is 1.13. The number of aromatic nitrogens is 3. The van der Waals surface area contributed by atoms with Crippen LogP contribution in [-0.4, -0.2) is 53.1 Å². The zero-order chi connectivity index (χ0) is 29.3. The minimum Gasteiger partial charge on any atom is -0.493 e. The molecule has 1 amide bonds. The summed E-state index contributed by atoms with van der Waals surface area (Å²) in [6.45, 7) is 5.78. The molecule has 1 N–H and O–H groups in total. The highest BCUT2D eigenvalue weighted by molar-refractivity contribution is 6.06. The van der Waals surface area contributed by atoms with Gasteiger partial charge in [0.05, 0.1) is 32.5 Å². The zero-order valence-electron chi connectivity index (χ0n) is 24.6. The summed E-state index contributed by atoms with van der Waals surface area (Å²) >= 11 is 0. The predicted octanol–water partition coefficient (Wildman–Crippen LogP) is 5.53. The van der Waals surface area contributed by atoms with Gasteiger partial charge in [0.25, 0.3) is 5.91 Å². The van der Waals surface area contributed by atoms with Crippen LogP contribution in [0, 0.1) is 0 Å². The van der Waals surface area contributed by atoms with Crippen LogP contribution in [0.1, 0.15) is 52.5 Å². The van der Waals surface area contributed by atoms with Crippen LogP contribution >= 0.6 is 0 Å². The van der Waals surface area contributed by atoms with Crippen LogP contribution < -0.4 is 19.5 Å². The van der Waals surface area contributed by atoms with E-state index in [2.05, 4.69) is 51.7 Å². The summed E-state index contributed by atoms with van der Waals surface area (Å²) in [7, 11) is 3.33. The fourth-order valence-electron chi connectivity index (χ4n) is 5.16. The number of unbranched alkanes of at least 4 members (excludes halogenated alkanes) is 1. The molecule has 9 heteroatoms. The van der Waals surface area contributed by atoms with E-state index in [1.165, 1.54) is 16.7 Å². The molecule has 42 heavy (non-hydrogen) atoms. The van der Waals surface area contributed by atoms with Gasteiger partial charge in [0.2, 0.25) is 0 Å². The van der Waals surface area contributed by atoms with Gasteiger partial charge in [-0.2, -0.15) is 0 Å². The van der Waals surface area contributed by atoms with E-state index in [1.807, 2.05) is 35.1 Å². The van der Waals surface area contributed by atoms with Crippen molar-refractivity contribution < 1.29 is 19.0 Å². The number of methoxy groups -OCH3 is 2. The van der Waals surface area contributed by atoms with Crippen molar-refractivity contribution in [3.63, 3.8) is 0 Å². The number of anilines is 1. The summed E-state index contributed by atoms with van der Waals surface area (Å²) in [5, 5.41) is 11.6. The molecular weight excluding hydrogens is 530 g/mol. The Morgan fingerprint density at radius 1 is 0.952 bits per heavy atom. The summed E-state index contributed by atoms with van der Waals surface area (Å²) < 4.78 is 18.8. The van der Waals surface area contributed by atoms with E-state index in [0.29, 0.717) is 23.6 Å². The molecule has 0 atom stereocenters. The number of fused-ring (bicyclic) bond motifs is 1. The van der Waals surface area contributed by atoms with Crippen LogP contribution in [0.5, 0.6) is 17.2 Å². The minimum absolute atomic E-state index is 0.213. The van der Waals surface area contributed by atoms with Crippen molar-refractivity contribution in [1.82, 2.24) is 19.9 Å². The van der Waals surface area contributed by atoms with Crippen LogP contribution in [0.25, 0.3) is 0 Å². The number of carbonyl (C=O) groups excluding carboxylic acids is 1. The summed E-state index contributed by atoms with van der Waals surface area (Å²) in [4.78, 5) is 15.4. The number of ether oxygens (including phenoxy) is 3. The lowest BCUT2D eigenvalue weighted by Crippen LogP contribution is -2.33. The fraction of sp³-hybridized carbons (Fsp3) is 0.364. The van der Waals surface area contributed by atoms with E-state index in [4.69, 9.17) is 14.2 Å². The zero-order valence-corrected chi connectivity index (χ0v) is 24.6. The standard InChI is InChI=1S/C33H39N5O4/c1-4-5-8-24-11-13-27(14-12-24)34-33(39)29-9-6-7-10-30(29)42-23-28-22-38(36-35-28)18-17-37-16-15-25-19-31(40-2)32(41-3)20-26(25)21-37/h6-7,9-14,19-20,22H,4-5,8,15-18,21,23H2,1-3H3,(H,34,39). The molecule has 3 aromatic carbocycles. The van der Waals surface area contributed by atoms with Crippen molar-refractivity contribution in [3.8, 4) is 17.2 Å². The van der Waals surface area contributed by atoms with Crippen molar-refractivity contribution in [2.75, 3.05) is 32.6 Å². The molecule has 0 saturated carbocycles. The SMILES string of the molecule is CCCCc1ccc(NC(=O)c2ccccc2OCc2cn(CCN3CCc4cc(OC)c(OC)cc4C3)nn2)cc1. The highest BCUT2D eigenvalue weighted by atomic mass is 16.5. The average Bonchev–Trinajstić information content (AvgIpc) is 3.49. The van der Waals surface area contributed by atoms with Crippen LogP contribution in [0.3, 0.4) is 0 Å². The largest absolute Gasteiger partial charge is 0.493 e. The Bertz CT molecular complexity index is 1480. The van der Waals surface area contributed by atoms with E-state index in [-0.39, 0.29) is 12.5 Å². The summed E-state index contributed by atoms with van der Waals surface area (Å²) in [5.74, 6) is 1.82. The molecule has 1 aliphatic heterocycles. The number of nitrogens with one attached hydrogen (secondary N) is 1. The van der Waals surface area contributed by atoms with E-state index in [9.17, 15) is 4.79 Å². The van der Waals surface area contributed by atoms with Gasteiger partial charge in [0, 0.05) is 25.3 Å². The molecule has 4 aromatic rings. The van der Waals surface area contributed by atoms with Gasteiger partial charge >= 0.3 is 0 Å². The molecular formula is C33H39N5O4. The monoisotopic (exact) mass is 569 g/mol. The number of nitrogens with zero attached hydrogens (tertiary/aromatic N) is 4. The summed E-state index contributed by atoms with van der Waals surface area (Å²) in [6, 6.07) is 19.4. The Morgan fingerprint density at radius 2 is 1.71 bits per heavy atom. The van der Waals surface area contributed by atoms with Gasteiger partial charge in [-0.05, 0) is 72.4 Å². The fourth-order valence-corrected chi connectivity index (χ4v) is 5.16. The third-order valence-electron chi connectivity index (χ3n) is 7.57. The van der Waals surface area contributed by atoms with Gasteiger partial charge in [-0.25, -0.2) is 0 Å². The minimum atomic E-state index is -0.213. The molecule has 2 heterocycles. The van der Waals surface area contributed by atoms with Crippen molar-refractivity contribution in [2.24, 2.45) is 0 Å². The van der Waals surface area contributed by atoms with Crippen molar-refractivity contribution in [2.45, 2.75) is 52.3 Å². The third kappa shape index (κ3) is 7.28. The number of rotatable bonds is 13. The van der Waals surface area contributed by atoms with Crippen molar-refractivity contribution >= 4 is 11.6 Å². The second kappa shape index (κ2) is 14.0. The topological polar surface area (TPSA) is 90.7 Å². The smallest absolute Gasteiger partial charge is 0.259 e. The Morgan fingerprint density at radius 3 is 2.48 bits per heavy atom. The lowest BCUT2D eigenvalue weighted by molar-refractivity contribution is 0.102. The second-order valence-electron chi connectivity index (χ2n) is 10.5. The molecule has 0 aliphatic carbocycles. The number of hydrogen-bond acceptors (Lipinski definition) is 7. The quantitative estimate of drug-likeness (QED) is 0.227. The van der Waals surface area contributed by atoms with Crippen LogP contribution in [0.15, 0.2) is 66.9 Å². The molecule has 220 valence electrons. The van der Waals surface area contributed by atoms with E-state index < -0.39 is 0 Å². The van der Waals surface area contributed by atoms with Crippen LogP contribution in [-0.2, 0) is 32.5 Å². The van der Waals surface area contributed by atoms with Gasteiger partial charge < -0.3 is 19.5 Å². The molecule has 0 saturated heterocycles. The molecule has 1 aromatic heterocycles. The number of hydrogen-bond donors (Lipinski definition) is 1. The first kappa shape index (κ1) is 29.1. The van der Waals surface area contributed by atoms with Crippen LogP contribution in [0.4, 0.5) is 5.69 Å². The summed E-state index contributed by atoms with van der Waals surface area (Å²) in [6.07, 6.45) is 6.22. The molecule has 0 unspecified atom stereocenters. The highest BCUT2D eigenvalue weighted by Crippen LogP contribution is 2.33. The molecule has 9 nitrogen and oxygen atoms in total. The number of para-hydroxylation sites is 1. The maximum absolute atomic E-state index is 13.0. The normalized spacial score (nSPS) is 12.9. The lowest BCUT2D eigenvalue weighted by Gasteiger charge is -2.29. The first-order valence-electron chi connectivity index (χ1n) is 14.5. The van der Waals surface area contributed by atoms with Crippen LogP contribution in [0.2, 0.25) is 0 Å². The Labute approximate surface area is 247 Å². The molecule has 0 radical (unpaired) electrons. The lowest BCUT2D eigenvalue weighted by atomic mass is 9.99. The first-order valence-corrected chi connectivity index (χ1v) is 14.5. The average molecular weight is 570 g/mol. The maximum Gasteiger partial charge on any atom is 0.259 e. The molecule has 5 rings (SSSR count). The Hall–Kier alpha value is -4.37. The molecule has 0 spiro atoms. The van der Waals surface area contributed by atoms with Gasteiger partial charge in [0.15, 0.2) is 11.5 Å². The number of benzene rings is 3. The number of carbonyl (C=O) groups is 1. The second-order valence-corrected chi connectivity index (χ2v) is 10.5. The molecule has 0 bridgehead atoms. The van der Waals surface area contributed by atoms with E-state index in [0.717, 1.165) is 62.5 Å². The highest BCUT2D eigenvalue weighted by Gasteiger charge is 2.20. The maximum atomic E-state index is 13.0. The van der Waals surface area contributed by atoms with Gasteiger partial charge in [-0.15, -0.1) is 5.10 Å². The van der Waals surface area contributed by atoms with Gasteiger partial charge in [0.1, 0.15) is 18.1 Å². The predicted molar refractivity (Wildman–Crippen MR) is 162 cm³/mol. The first-order chi connectivity index (χ1) is 20.6. The van der Waals surface area contributed by atoms with Crippen molar-refractivity contribution in [3.05, 3.63) is 94.8 Å². The van der Waals surface area contributed by atoms with Crippen molar-refractivity contribution in [1.29, 1.82) is 0 Å². The third-order valence-corrected chi connectivity index (χ3v) is 7.57. The van der Waals surface area contributed by atoms with Gasteiger partial charge in [-0.1, -0.05) is 42.8 Å². The molecule has 0 fully saturated rings. The number of amides is 1. The number of aryl methyl sites for hydroxylation is 1. The Kier molecular flexibility index (Phi) is 9.71. The summed E-state index contributed by atoms with van der Waals surface area (Å²) in [5.41, 5.74) is 5.77.